The molecular formula is C26H30N2O4S. The van der Waals surface area contributed by atoms with Gasteiger partial charge in [-0.05, 0) is 59.5 Å². The summed E-state index contributed by atoms with van der Waals surface area (Å²) in [7, 11) is 0.839. The minimum atomic E-state index is -3.83. The first-order valence-electron chi connectivity index (χ1n) is 10.6. The lowest BCUT2D eigenvalue weighted by Crippen LogP contribution is -2.28. The van der Waals surface area contributed by atoms with E-state index >= 15 is 0 Å². The highest BCUT2D eigenvalue weighted by Crippen LogP contribution is 2.31. The highest BCUT2D eigenvalue weighted by molar-refractivity contribution is 7.92. The lowest BCUT2D eigenvalue weighted by atomic mass is 9.87. The summed E-state index contributed by atoms with van der Waals surface area (Å²) >= 11 is 0. The summed E-state index contributed by atoms with van der Waals surface area (Å²) in [6.45, 7) is 6.41. The predicted octanol–water partition coefficient (Wildman–Crippen LogP) is 5.09. The van der Waals surface area contributed by atoms with Crippen LogP contribution in [0.4, 0.5) is 11.4 Å². The van der Waals surface area contributed by atoms with E-state index in [1.54, 1.807) is 36.2 Å². The molecule has 1 amide bonds. The van der Waals surface area contributed by atoms with E-state index < -0.39 is 10.0 Å². The maximum absolute atomic E-state index is 13.1. The maximum atomic E-state index is 13.1. The predicted molar refractivity (Wildman–Crippen MR) is 133 cm³/mol. The summed E-state index contributed by atoms with van der Waals surface area (Å²) in [5, 5.41) is 0. The number of hydrogen-bond acceptors (Lipinski definition) is 4. The minimum absolute atomic E-state index is 0.0271. The van der Waals surface area contributed by atoms with Crippen LogP contribution in [0.1, 0.15) is 36.7 Å². The van der Waals surface area contributed by atoms with Crippen molar-refractivity contribution in [2.75, 3.05) is 30.4 Å². The molecule has 0 aliphatic carbocycles. The molecule has 3 aromatic rings. The standard InChI is InChI=1S/C26H30N2O4S/c1-26(2,3)20-13-15-21(16-14-20)27(4)25(29)19-11-17-22(18-12-19)33(30,31)28(5)23-9-7-8-10-24(23)32-6/h7-18H,1-6H3. The Bertz CT molecular complexity index is 1230. The van der Waals surface area contributed by atoms with Gasteiger partial charge in [-0.15, -0.1) is 0 Å². The number of carbonyl (C=O) groups is 1. The van der Waals surface area contributed by atoms with E-state index in [1.807, 2.05) is 24.3 Å². The zero-order valence-electron chi connectivity index (χ0n) is 19.9. The second kappa shape index (κ2) is 9.27. The molecule has 3 aromatic carbocycles. The van der Waals surface area contributed by atoms with Crippen LogP contribution in [0.15, 0.2) is 77.7 Å². The zero-order valence-corrected chi connectivity index (χ0v) is 20.7. The smallest absolute Gasteiger partial charge is 0.264 e. The SMILES string of the molecule is COc1ccccc1N(C)S(=O)(=O)c1ccc(C(=O)N(C)c2ccc(C(C)(C)C)cc2)cc1. The maximum Gasteiger partial charge on any atom is 0.264 e. The van der Waals surface area contributed by atoms with E-state index in [0.29, 0.717) is 17.0 Å². The van der Waals surface area contributed by atoms with E-state index in [0.717, 1.165) is 5.69 Å². The Morgan fingerprint density at radius 1 is 0.848 bits per heavy atom. The van der Waals surface area contributed by atoms with E-state index in [9.17, 15) is 13.2 Å². The lowest BCUT2D eigenvalue weighted by molar-refractivity contribution is 0.0993. The molecule has 0 fully saturated rings. The molecule has 0 saturated heterocycles. The highest BCUT2D eigenvalue weighted by atomic mass is 32.2. The molecule has 3 rings (SSSR count). The van der Waals surface area contributed by atoms with Crippen LogP contribution in [-0.2, 0) is 15.4 Å². The number of sulfonamides is 1. The van der Waals surface area contributed by atoms with Crippen molar-refractivity contribution < 1.29 is 17.9 Å². The van der Waals surface area contributed by atoms with Crippen LogP contribution in [0.2, 0.25) is 0 Å². The van der Waals surface area contributed by atoms with Crippen molar-refractivity contribution in [3.63, 3.8) is 0 Å². The molecule has 0 saturated carbocycles. The summed E-state index contributed by atoms with van der Waals surface area (Å²) in [5.74, 6) is 0.231. The molecular weight excluding hydrogens is 436 g/mol. The Morgan fingerprint density at radius 3 is 1.97 bits per heavy atom. The Hall–Kier alpha value is -3.32. The first kappa shape index (κ1) is 24.3. The largest absolute Gasteiger partial charge is 0.495 e. The molecule has 0 N–H and O–H groups in total. The van der Waals surface area contributed by atoms with Gasteiger partial charge < -0.3 is 9.64 Å². The fourth-order valence-electron chi connectivity index (χ4n) is 3.44. The molecule has 0 aromatic heterocycles. The van der Waals surface area contributed by atoms with Crippen LogP contribution in [0.25, 0.3) is 0 Å². The highest BCUT2D eigenvalue weighted by Gasteiger charge is 2.24. The van der Waals surface area contributed by atoms with Crippen molar-refractivity contribution in [2.24, 2.45) is 0 Å². The molecule has 6 nitrogen and oxygen atoms in total. The molecule has 0 atom stereocenters. The summed E-state index contributed by atoms with van der Waals surface area (Å²) in [5.41, 5.74) is 2.80. The summed E-state index contributed by atoms with van der Waals surface area (Å²) in [6, 6.07) is 20.7. The van der Waals surface area contributed by atoms with Gasteiger partial charge in [-0.3, -0.25) is 9.10 Å². The van der Waals surface area contributed by atoms with Crippen LogP contribution in [-0.4, -0.2) is 35.5 Å². The number of amides is 1. The van der Waals surface area contributed by atoms with Crippen molar-refractivity contribution in [3.05, 3.63) is 83.9 Å². The van der Waals surface area contributed by atoms with Gasteiger partial charge in [0.25, 0.3) is 15.9 Å². The van der Waals surface area contributed by atoms with Crippen LogP contribution in [0.5, 0.6) is 5.75 Å². The van der Waals surface area contributed by atoms with Crippen molar-refractivity contribution in [1.29, 1.82) is 0 Å². The Morgan fingerprint density at radius 2 is 1.42 bits per heavy atom. The summed E-state index contributed by atoms with van der Waals surface area (Å²) in [6.07, 6.45) is 0. The number of anilines is 2. The number of ether oxygens (including phenoxy) is 1. The summed E-state index contributed by atoms with van der Waals surface area (Å²) < 4.78 is 32.7. The third-order valence-electron chi connectivity index (χ3n) is 5.61. The normalized spacial score (nSPS) is 11.7. The fraction of sp³-hybridized carbons (Fsp3) is 0.269. The lowest BCUT2D eigenvalue weighted by Gasteiger charge is -2.23. The second-order valence-electron chi connectivity index (χ2n) is 8.83. The molecule has 0 radical (unpaired) electrons. The quantitative estimate of drug-likeness (QED) is 0.507. The number of nitrogens with zero attached hydrogens (tertiary/aromatic N) is 2. The number of benzene rings is 3. The Labute approximate surface area is 196 Å². The average molecular weight is 467 g/mol. The number of methoxy groups -OCH3 is 1. The van der Waals surface area contributed by atoms with Crippen molar-refractivity contribution in [1.82, 2.24) is 0 Å². The molecule has 0 heterocycles. The minimum Gasteiger partial charge on any atom is -0.495 e. The Kier molecular flexibility index (Phi) is 6.84. The monoisotopic (exact) mass is 466 g/mol. The third-order valence-corrected chi connectivity index (χ3v) is 7.40. The van der Waals surface area contributed by atoms with Gasteiger partial charge >= 0.3 is 0 Å². The van der Waals surface area contributed by atoms with Gasteiger partial charge in [0, 0.05) is 25.3 Å². The van der Waals surface area contributed by atoms with E-state index in [4.69, 9.17) is 4.74 Å². The average Bonchev–Trinajstić information content (AvgIpc) is 2.82. The van der Waals surface area contributed by atoms with Crippen molar-refractivity contribution >= 4 is 27.3 Å². The van der Waals surface area contributed by atoms with Crippen molar-refractivity contribution in [2.45, 2.75) is 31.1 Å². The first-order valence-corrected chi connectivity index (χ1v) is 12.0. The van der Waals surface area contributed by atoms with Crippen molar-refractivity contribution in [3.8, 4) is 5.75 Å². The van der Waals surface area contributed by atoms with Crippen LogP contribution in [0.3, 0.4) is 0 Å². The van der Waals surface area contributed by atoms with Gasteiger partial charge in [-0.25, -0.2) is 8.42 Å². The zero-order chi connectivity index (χ0) is 24.4. The number of rotatable bonds is 6. The fourth-order valence-corrected chi connectivity index (χ4v) is 4.65. The van der Waals surface area contributed by atoms with E-state index in [1.165, 1.54) is 48.3 Å². The summed E-state index contributed by atoms with van der Waals surface area (Å²) in [4.78, 5) is 14.6. The molecule has 7 heteroatoms. The van der Waals surface area contributed by atoms with Gasteiger partial charge in [0.1, 0.15) is 5.75 Å². The number of hydrogen-bond donors (Lipinski definition) is 0. The number of para-hydroxylation sites is 2. The topological polar surface area (TPSA) is 66.9 Å². The molecule has 174 valence electrons. The number of carbonyl (C=O) groups excluding carboxylic acids is 1. The first-order chi connectivity index (χ1) is 15.5. The molecule has 0 aliphatic heterocycles. The van der Waals surface area contributed by atoms with Gasteiger partial charge in [-0.1, -0.05) is 45.0 Å². The third kappa shape index (κ3) is 5.03. The second-order valence-corrected chi connectivity index (χ2v) is 10.8. The van der Waals surface area contributed by atoms with Crippen LogP contribution >= 0.6 is 0 Å². The van der Waals surface area contributed by atoms with Gasteiger partial charge in [0.2, 0.25) is 0 Å². The molecule has 0 spiro atoms. The Balaban J connectivity index is 1.82. The molecule has 0 aliphatic rings. The molecule has 0 bridgehead atoms. The van der Waals surface area contributed by atoms with Crippen LogP contribution in [0, 0.1) is 0 Å². The van der Waals surface area contributed by atoms with Gasteiger partial charge in [0.05, 0.1) is 17.7 Å². The van der Waals surface area contributed by atoms with E-state index in [2.05, 4.69) is 20.8 Å². The molecule has 33 heavy (non-hydrogen) atoms. The van der Waals surface area contributed by atoms with Crippen LogP contribution < -0.4 is 13.9 Å². The van der Waals surface area contributed by atoms with Gasteiger partial charge in [-0.2, -0.15) is 0 Å². The van der Waals surface area contributed by atoms with Gasteiger partial charge in [0.15, 0.2) is 0 Å². The van der Waals surface area contributed by atoms with E-state index in [-0.39, 0.29) is 16.2 Å². The molecule has 0 unspecified atom stereocenters.